The summed E-state index contributed by atoms with van der Waals surface area (Å²) in [5.74, 6) is -0.0683. The molecule has 0 rings (SSSR count). The minimum Gasteiger partial charge on any atom is -0.466 e. The van der Waals surface area contributed by atoms with E-state index in [4.69, 9.17) is 4.74 Å². The summed E-state index contributed by atoms with van der Waals surface area (Å²) < 4.78 is 5.49. The molecule has 0 aliphatic rings. The summed E-state index contributed by atoms with van der Waals surface area (Å²) in [6.07, 6.45) is 74.7. The van der Waals surface area contributed by atoms with Crippen molar-refractivity contribution in [2.45, 2.75) is 347 Å². The number of carbonyl (C=O) groups excluding carboxylic acids is 2. The van der Waals surface area contributed by atoms with Crippen LogP contribution in [0.3, 0.4) is 0 Å². The molecular weight excluding hydrogens is 863 g/mol. The largest absolute Gasteiger partial charge is 0.466 e. The van der Waals surface area contributed by atoms with Crippen molar-refractivity contribution in [3.8, 4) is 0 Å². The average Bonchev–Trinajstić information content (AvgIpc) is 3.36. The molecule has 0 bridgehead atoms. The summed E-state index contributed by atoms with van der Waals surface area (Å²) >= 11 is 0. The fourth-order valence-corrected chi connectivity index (χ4v) is 9.57. The fourth-order valence-electron chi connectivity index (χ4n) is 9.57. The van der Waals surface area contributed by atoms with Crippen molar-refractivity contribution in [1.82, 2.24) is 5.32 Å². The summed E-state index contributed by atoms with van der Waals surface area (Å²) in [6.45, 7) is 4.90. The Balaban J connectivity index is 3.42. The molecule has 0 aromatic heterocycles. The van der Waals surface area contributed by atoms with Gasteiger partial charge >= 0.3 is 5.97 Å². The molecule has 0 aromatic rings. The maximum atomic E-state index is 12.5. The fraction of sp³-hybridized carbons (Fsp3) is 0.875. The molecule has 0 radical (unpaired) electrons. The van der Waals surface area contributed by atoms with Gasteiger partial charge in [0, 0.05) is 12.8 Å². The normalized spacial score (nSPS) is 12.8. The average molecular weight is 985 g/mol. The summed E-state index contributed by atoms with van der Waals surface area (Å²) in [5, 5.41) is 23.1. The highest BCUT2D eigenvalue weighted by Crippen LogP contribution is 2.17. The predicted octanol–water partition coefficient (Wildman–Crippen LogP) is 19.6. The molecule has 0 saturated heterocycles. The molecule has 6 nitrogen and oxygen atoms in total. The number of carbonyl (C=O) groups is 2. The van der Waals surface area contributed by atoms with Gasteiger partial charge < -0.3 is 20.3 Å². The molecule has 70 heavy (non-hydrogen) atoms. The number of amides is 1. The van der Waals surface area contributed by atoms with Crippen LogP contribution in [-0.4, -0.2) is 47.4 Å². The second kappa shape index (κ2) is 59.6. The van der Waals surface area contributed by atoms with E-state index in [1.807, 2.05) is 6.08 Å². The van der Waals surface area contributed by atoms with Crippen molar-refractivity contribution in [1.29, 1.82) is 0 Å². The van der Waals surface area contributed by atoms with E-state index in [0.717, 1.165) is 51.4 Å². The van der Waals surface area contributed by atoms with Crippen molar-refractivity contribution in [3.63, 3.8) is 0 Å². The number of rotatable bonds is 58. The molecule has 1 amide bonds. The summed E-state index contributed by atoms with van der Waals surface area (Å²) in [7, 11) is 0. The quantitative estimate of drug-likeness (QED) is 0.0321. The van der Waals surface area contributed by atoms with Gasteiger partial charge in [-0.05, 0) is 83.5 Å². The number of ether oxygens (including phenoxy) is 1. The van der Waals surface area contributed by atoms with E-state index in [2.05, 4.69) is 43.5 Å². The monoisotopic (exact) mass is 984 g/mol. The molecule has 6 heteroatoms. The van der Waals surface area contributed by atoms with E-state index in [0.29, 0.717) is 19.4 Å². The Hall–Kier alpha value is -1.92. The molecule has 3 N–H and O–H groups in total. The SMILES string of the molecule is CCCCCCCC/C=C\CCCCCCCCCC(=O)OCCCCCCCCCCCCC/C=C\CCCCCCCCCC(=O)NC(CO)C(O)/C=C/CCCCCCCCCCCCCC. The smallest absolute Gasteiger partial charge is 0.305 e. The third-order valence-corrected chi connectivity index (χ3v) is 14.4. The first-order valence-corrected chi connectivity index (χ1v) is 31.3. The topological polar surface area (TPSA) is 95.9 Å². The minimum atomic E-state index is -0.848. The van der Waals surface area contributed by atoms with E-state index in [-0.39, 0.29) is 18.5 Å². The van der Waals surface area contributed by atoms with Gasteiger partial charge in [-0.25, -0.2) is 0 Å². The van der Waals surface area contributed by atoms with Crippen LogP contribution in [0.25, 0.3) is 0 Å². The number of allylic oxidation sites excluding steroid dienone is 5. The molecule has 0 saturated carbocycles. The first-order valence-electron chi connectivity index (χ1n) is 31.3. The third kappa shape index (κ3) is 55.4. The Bertz CT molecular complexity index is 1130. The maximum Gasteiger partial charge on any atom is 0.305 e. The van der Waals surface area contributed by atoms with Crippen LogP contribution in [-0.2, 0) is 14.3 Å². The van der Waals surface area contributed by atoms with Gasteiger partial charge in [-0.1, -0.05) is 275 Å². The van der Waals surface area contributed by atoms with Crippen LogP contribution in [0.15, 0.2) is 36.5 Å². The minimum absolute atomic E-state index is 0.00606. The third-order valence-electron chi connectivity index (χ3n) is 14.4. The standard InChI is InChI=1S/C64H121NO5/c1-3-5-7-9-11-13-15-17-19-26-30-34-38-42-46-50-54-58-64(69)70-59-55-51-47-43-39-35-31-28-25-23-21-20-22-24-27-29-33-37-41-45-49-53-57-63(68)65-61(60-66)62(67)56-52-48-44-40-36-32-18-16-14-12-10-8-6-4-2/h17,19,22,24,52,56,61-62,66-67H,3-16,18,20-21,23,25-51,53-55,57-60H2,1-2H3,(H,65,68)/b19-17-,24-22-,56-52+. The van der Waals surface area contributed by atoms with E-state index in [1.165, 1.54) is 257 Å². The van der Waals surface area contributed by atoms with Crippen LogP contribution in [0.2, 0.25) is 0 Å². The van der Waals surface area contributed by atoms with E-state index < -0.39 is 12.1 Å². The van der Waals surface area contributed by atoms with Crippen LogP contribution in [0.4, 0.5) is 0 Å². The molecule has 0 aliphatic carbocycles. The highest BCUT2D eigenvalue weighted by molar-refractivity contribution is 5.76. The number of aliphatic hydroxyl groups excluding tert-OH is 2. The molecule has 0 aromatic carbocycles. The van der Waals surface area contributed by atoms with Gasteiger partial charge in [0.1, 0.15) is 0 Å². The molecule has 2 unspecified atom stereocenters. The van der Waals surface area contributed by atoms with Crippen LogP contribution < -0.4 is 5.32 Å². The Morgan fingerprint density at radius 3 is 1.01 bits per heavy atom. The molecule has 0 fully saturated rings. The number of unbranched alkanes of at least 4 members (excludes halogenated alkanes) is 43. The second-order valence-corrected chi connectivity index (χ2v) is 21.4. The van der Waals surface area contributed by atoms with Crippen molar-refractivity contribution >= 4 is 11.9 Å². The lowest BCUT2D eigenvalue weighted by Crippen LogP contribution is -2.45. The maximum absolute atomic E-state index is 12.5. The van der Waals surface area contributed by atoms with E-state index in [1.54, 1.807) is 6.08 Å². The number of hydrogen-bond acceptors (Lipinski definition) is 5. The van der Waals surface area contributed by atoms with E-state index >= 15 is 0 Å². The first kappa shape index (κ1) is 68.1. The summed E-state index contributed by atoms with van der Waals surface area (Å²) in [4.78, 5) is 24.5. The first-order chi connectivity index (χ1) is 34.5. The van der Waals surface area contributed by atoms with Crippen molar-refractivity contribution in [2.24, 2.45) is 0 Å². The molecule has 0 heterocycles. The number of esters is 1. The van der Waals surface area contributed by atoms with Gasteiger partial charge in [0.2, 0.25) is 5.91 Å². The predicted molar refractivity (Wildman–Crippen MR) is 306 cm³/mol. The lowest BCUT2D eigenvalue weighted by atomic mass is 10.0. The number of hydrogen-bond donors (Lipinski definition) is 3. The Morgan fingerprint density at radius 1 is 0.386 bits per heavy atom. The zero-order chi connectivity index (χ0) is 50.7. The van der Waals surface area contributed by atoms with E-state index in [9.17, 15) is 19.8 Å². The summed E-state index contributed by atoms with van der Waals surface area (Å²) in [5.41, 5.74) is 0. The highest BCUT2D eigenvalue weighted by atomic mass is 16.5. The number of nitrogens with one attached hydrogen (secondary N) is 1. The Morgan fingerprint density at radius 2 is 0.671 bits per heavy atom. The van der Waals surface area contributed by atoms with Crippen molar-refractivity contribution in [2.75, 3.05) is 13.2 Å². The van der Waals surface area contributed by atoms with Crippen molar-refractivity contribution in [3.05, 3.63) is 36.5 Å². The molecule has 2 atom stereocenters. The second-order valence-electron chi connectivity index (χ2n) is 21.4. The van der Waals surface area contributed by atoms with Gasteiger partial charge in [0.25, 0.3) is 0 Å². The number of aliphatic hydroxyl groups is 2. The zero-order valence-electron chi connectivity index (χ0n) is 47.0. The lowest BCUT2D eigenvalue weighted by Gasteiger charge is -2.20. The van der Waals surface area contributed by atoms with Gasteiger partial charge in [-0.2, -0.15) is 0 Å². The van der Waals surface area contributed by atoms with Crippen LogP contribution >= 0.6 is 0 Å². The van der Waals surface area contributed by atoms with Gasteiger partial charge in [-0.15, -0.1) is 0 Å². The van der Waals surface area contributed by atoms with Crippen LogP contribution in [0, 0.1) is 0 Å². The molecule has 0 spiro atoms. The van der Waals surface area contributed by atoms with Crippen molar-refractivity contribution < 1.29 is 24.5 Å². The Labute approximate surface area is 436 Å². The zero-order valence-corrected chi connectivity index (χ0v) is 47.0. The van der Waals surface area contributed by atoms with Gasteiger partial charge in [0.15, 0.2) is 0 Å². The summed E-state index contributed by atoms with van der Waals surface area (Å²) in [6, 6.07) is -0.633. The molecule has 0 aliphatic heterocycles. The van der Waals surface area contributed by atoms with Gasteiger partial charge in [0.05, 0.1) is 25.4 Å². The highest BCUT2D eigenvalue weighted by Gasteiger charge is 2.18. The lowest BCUT2D eigenvalue weighted by molar-refractivity contribution is -0.143. The molecular formula is C64H121NO5. The van der Waals surface area contributed by atoms with Crippen LogP contribution in [0.5, 0.6) is 0 Å². The van der Waals surface area contributed by atoms with Crippen LogP contribution in [0.1, 0.15) is 335 Å². The Kier molecular flexibility index (Phi) is 58.0. The molecule has 412 valence electrons. The van der Waals surface area contributed by atoms with Gasteiger partial charge in [-0.3, -0.25) is 9.59 Å².